The van der Waals surface area contributed by atoms with E-state index in [0.29, 0.717) is 32.9 Å². The summed E-state index contributed by atoms with van der Waals surface area (Å²) in [6.45, 7) is -0.0622. The molecule has 0 spiro atoms. The molecule has 25 heavy (non-hydrogen) atoms. The average molecular weight is 358 g/mol. The van der Waals surface area contributed by atoms with Crippen LogP contribution in [-0.2, 0) is 11.3 Å². The maximum atomic E-state index is 12.7. The molecule has 1 aliphatic heterocycles. The van der Waals surface area contributed by atoms with Crippen LogP contribution < -0.4 is 21.3 Å². The number of ether oxygens (including phenoxy) is 1. The number of carbonyl (C=O) groups is 1. The molecule has 0 atom stereocenters. The Bertz CT molecular complexity index is 1130. The second kappa shape index (κ2) is 5.78. The summed E-state index contributed by atoms with van der Waals surface area (Å²) in [6.07, 6.45) is 0. The number of aromatic amines is 1. The normalized spacial score (nSPS) is 13.2. The van der Waals surface area contributed by atoms with Crippen LogP contribution in [0.25, 0.3) is 10.9 Å². The Morgan fingerprint density at radius 2 is 2.00 bits per heavy atom. The minimum atomic E-state index is -0.555. The summed E-state index contributed by atoms with van der Waals surface area (Å²) < 4.78 is 6.43. The fourth-order valence-corrected chi connectivity index (χ4v) is 3.00. The van der Waals surface area contributed by atoms with Crippen LogP contribution in [0.15, 0.2) is 46.0 Å². The van der Waals surface area contributed by atoms with Gasteiger partial charge in [-0.25, -0.2) is 4.79 Å². The highest BCUT2D eigenvalue weighted by atomic mass is 35.5. The fraction of sp³-hybridized carbons (Fsp3) is 0.118. The maximum absolute atomic E-state index is 12.7. The van der Waals surface area contributed by atoms with Gasteiger partial charge in [0.1, 0.15) is 5.75 Å². The Morgan fingerprint density at radius 1 is 1.16 bits per heavy atom. The zero-order valence-electron chi connectivity index (χ0n) is 12.8. The number of hydrogen-bond acceptors (Lipinski definition) is 4. The lowest BCUT2D eigenvalue weighted by Gasteiger charge is -2.20. The van der Waals surface area contributed by atoms with Crippen LogP contribution in [0.1, 0.15) is 5.56 Å². The third-order valence-corrected chi connectivity index (χ3v) is 4.24. The van der Waals surface area contributed by atoms with Crippen LogP contribution in [0.3, 0.4) is 0 Å². The Labute approximate surface area is 145 Å². The third kappa shape index (κ3) is 2.68. The van der Waals surface area contributed by atoms with E-state index in [2.05, 4.69) is 10.3 Å². The SMILES string of the molecule is O=C1COc2cccc(Cn3c(=O)[nH]c4cc(Cl)ccc4c3=O)c2N1. The molecule has 3 aromatic rings. The highest BCUT2D eigenvalue weighted by Crippen LogP contribution is 2.31. The topological polar surface area (TPSA) is 93.2 Å². The van der Waals surface area contributed by atoms with E-state index in [1.54, 1.807) is 30.3 Å². The number of hydrogen-bond donors (Lipinski definition) is 2. The molecular weight excluding hydrogens is 346 g/mol. The first-order valence-corrected chi connectivity index (χ1v) is 7.87. The lowest BCUT2D eigenvalue weighted by molar-refractivity contribution is -0.118. The number of carbonyl (C=O) groups excluding carboxylic acids is 1. The summed E-state index contributed by atoms with van der Waals surface area (Å²) in [5.74, 6) is 0.225. The molecule has 0 fully saturated rings. The van der Waals surface area contributed by atoms with Crippen molar-refractivity contribution in [2.75, 3.05) is 11.9 Å². The number of rotatable bonds is 2. The highest BCUT2D eigenvalue weighted by Gasteiger charge is 2.20. The lowest BCUT2D eigenvalue weighted by Crippen LogP contribution is -2.36. The Balaban J connectivity index is 1.85. The molecule has 1 aliphatic rings. The van der Waals surface area contributed by atoms with Crippen LogP contribution >= 0.6 is 11.6 Å². The predicted molar refractivity (Wildman–Crippen MR) is 93.5 cm³/mol. The van der Waals surface area contributed by atoms with Crippen LogP contribution in [0.5, 0.6) is 5.75 Å². The Hall–Kier alpha value is -3.06. The predicted octanol–water partition coefficient (Wildman–Crippen LogP) is 1.72. The minimum absolute atomic E-state index is 0.000450. The van der Waals surface area contributed by atoms with Crippen molar-refractivity contribution in [3.8, 4) is 5.75 Å². The van der Waals surface area contributed by atoms with E-state index < -0.39 is 11.2 Å². The van der Waals surface area contributed by atoms with Gasteiger partial charge in [-0.3, -0.25) is 14.2 Å². The average Bonchev–Trinajstić information content (AvgIpc) is 2.58. The van der Waals surface area contributed by atoms with Crippen molar-refractivity contribution in [3.63, 3.8) is 0 Å². The molecule has 2 aromatic carbocycles. The number of aromatic nitrogens is 2. The third-order valence-electron chi connectivity index (χ3n) is 4.01. The Kier molecular flexibility index (Phi) is 3.58. The molecule has 2 N–H and O–H groups in total. The number of H-pyrrole nitrogens is 1. The van der Waals surface area contributed by atoms with E-state index >= 15 is 0 Å². The van der Waals surface area contributed by atoms with Gasteiger partial charge in [0.15, 0.2) is 6.61 Å². The van der Waals surface area contributed by atoms with Crippen LogP contribution in [0.4, 0.5) is 5.69 Å². The van der Waals surface area contributed by atoms with Gasteiger partial charge in [0.2, 0.25) is 0 Å². The van der Waals surface area contributed by atoms with Crippen molar-refractivity contribution in [2.45, 2.75) is 6.54 Å². The van der Waals surface area contributed by atoms with Gasteiger partial charge in [0.25, 0.3) is 11.5 Å². The molecule has 1 amide bonds. The molecule has 2 heterocycles. The lowest BCUT2D eigenvalue weighted by atomic mass is 10.1. The first-order chi connectivity index (χ1) is 12.0. The highest BCUT2D eigenvalue weighted by molar-refractivity contribution is 6.31. The van der Waals surface area contributed by atoms with Crippen LogP contribution in [0.2, 0.25) is 5.02 Å². The number of fused-ring (bicyclic) bond motifs is 2. The second-order valence-corrected chi connectivity index (χ2v) is 6.07. The summed E-state index contributed by atoms with van der Waals surface area (Å²) in [6, 6.07) is 9.87. The van der Waals surface area contributed by atoms with Crippen LogP contribution in [-0.4, -0.2) is 22.1 Å². The van der Waals surface area contributed by atoms with Crippen molar-refractivity contribution in [3.05, 3.63) is 67.8 Å². The number of anilines is 1. The smallest absolute Gasteiger partial charge is 0.329 e. The largest absolute Gasteiger partial charge is 0.482 e. The van der Waals surface area contributed by atoms with Gasteiger partial charge in [-0.05, 0) is 29.8 Å². The van der Waals surface area contributed by atoms with Crippen molar-refractivity contribution in [1.82, 2.24) is 9.55 Å². The van der Waals surface area contributed by atoms with E-state index in [1.807, 2.05) is 0 Å². The van der Waals surface area contributed by atoms with Gasteiger partial charge in [-0.2, -0.15) is 0 Å². The second-order valence-electron chi connectivity index (χ2n) is 5.64. The quantitative estimate of drug-likeness (QED) is 0.730. The van der Waals surface area contributed by atoms with Gasteiger partial charge in [-0.15, -0.1) is 0 Å². The standard InChI is InChI=1S/C17H12ClN3O4/c18-10-4-5-11-12(6-10)19-17(24)21(16(11)23)7-9-2-1-3-13-15(9)20-14(22)8-25-13/h1-6H,7-8H2,(H,19,24)(H,20,22). The molecule has 1 aromatic heterocycles. The zero-order valence-corrected chi connectivity index (χ0v) is 13.6. The van der Waals surface area contributed by atoms with Gasteiger partial charge in [0.05, 0.1) is 23.1 Å². The van der Waals surface area contributed by atoms with E-state index in [0.717, 1.165) is 4.57 Å². The number of para-hydroxylation sites is 1. The number of amides is 1. The van der Waals surface area contributed by atoms with Crippen molar-refractivity contribution < 1.29 is 9.53 Å². The Morgan fingerprint density at radius 3 is 2.84 bits per heavy atom. The summed E-state index contributed by atoms with van der Waals surface area (Å²) in [7, 11) is 0. The number of halogens is 1. The maximum Gasteiger partial charge on any atom is 0.329 e. The van der Waals surface area contributed by atoms with E-state index in [9.17, 15) is 14.4 Å². The molecule has 0 saturated heterocycles. The fourth-order valence-electron chi connectivity index (χ4n) is 2.83. The van der Waals surface area contributed by atoms with Gasteiger partial charge >= 0.3 is 5.69 Å². The van der Waals surface area contributed by atoms with E-state index in [-0.39, 0.29) is 19.1 Å². The van der Waals surface area contributed by atoms with Crippen molar-refractivity contribution in [1.29, 1.82) is 0 Å². The molecule has 126 valence electrons. The monoisotopic (exact) mass is 357 g/mol. The van der Waals surface area contributed by atoms with E-state index in [4.69, 9.17) is 16.3 Å². The van der Waals surface area contributed by atoms with Crippen LogP contribution in [0, 0.1) is 0 Å². The minimum Gasteiger partial charge on any atom is -0.482 e. The number of benzene rings is 2. The molecule has 8 heteroatoms. The van der Waals surface area contributed by atoms with Gasteiger partial charge in [0, 0.05) is 5.02 Å². The zero-order chi connectivity index (χ0) is 17.6. The molecule has 0 unspecified atom stereocenters. The first kappa shape index (κ1) is 15.5. The molecule has 0 saturated carbocycles. The van der Waals surface area contributed by atoms with Crippen molar-refractivity contribution in [2.24, 2.45) is 0 Å². The van der Waals surface area contributed by atoms with Gasteiger partial charge in [-0.1, -0.05) is 23.7 Å². The first-order valence-electron chi connectivity index (χ1n) is 7.50. The molecule has 0 aliphatic carbocycles. The molecule has 7 nitrogen and oxygen atoms in total. The van der Waals surface area contributed by atoms with Gasteiger partial charge < -0.3 is 15.0 Å². The van der Waals surface area contributed by atoms with Crippen molar-refractivity contribution >= 4 is 34.1 Å². The molecule has 0 radical (unpaired) electrons. The molecular formula is C17H12ClN3O4. The molecule has 4 rings (SSSR count). The number of nitrogens with one attached hydrogen (secondary N) is 2. The molecule has 0 bridgehead atoms. The summed E-state index contributed by atoms with van der Waals surface area (Å²) >= 11 is 5.90. The number of nitrogens with zero attached hydrogens (tertiary/aromatic N) is 1. The summed E-state index contributed by atoms with van der Waals surface area (Å²) in [5, 5.41) is 3.51. The van der Waals surface area contributed by atoms with E-state index in [1.165, 1.54) is 6.07 Å². The summed E-state index contributed by atoms with van der Waals surface area (Å²) in [5.41, 5.74) is 0.467. The summed E-state index contributed by atoms with van der Waals surface area (Å²) in [4.78, 5) is 39.3.